The van der Waals surface area contributed by atoms with E-state index in [2.05, 4.69) is 13.8 Å². The van der Waals surface area contributed by atoms with Gasteiger partial charge in [-0.15, -0.1) is 11.8 Å². The zero-order chi connectivity index (χ0) is 10.6. The van der Waals surface area contributed by atoms with E-state index in [1.807, 2.05) is 0 Å². The summed E-state index contributed by atoms with van der Waals surface area (Å²) in [7, 11) is 0. The third-order valence-corrected chi connectivity index (χ3v) is 3.24. The van der Waals surface area contributed by atoms with Crippen molar-refractivity contribution < 1.29 is 4.92 Å². The SMILES string of the molecule is CCC(C)Sc1ccc([N+](=O)[O-])cc1. The first-order valence-electron chi connectivity index (χ1n) is 4.54. The van der Waals surface area contributed by atoms with Crippen molar-refractivity contribution >= 4 is 17.4 Å². The van der Waals surface area contributed by atoms with Gasteiger partial charge in [-0.2, -0.15) is 0 Å². The van der Waals surface area contributed by atoms with Crippen molar-refractivity contribution in [3.63, 3.8) is 0 Å². The summed E-state index contributed by atoms with van der Waals surface area (Å²) in [5, 5.41) is 10.9. The summed E-state index contributed by atoms with van der Waals surface area (Å²) < 4.78 is 0. The number of nitro groups is 1. The average Bonchev–Trinajstić information content (AvgIpc) is 2.18. The van der Waals surface area contributed by atoms with Crippen LogP contribution in [0.15, 0.2) is 29.2 Å². The molecule has 0 N–H and O–H groups in total. The highest BCUT2D eigenvalue weighted by Crippen LogP contribution is 2.26. The van der Waals surface area contributed by atoms with Gasteiger partial charge in [-0.05, 0) is 18.6 Å². The van der Waals surface area contributed by atoms with Gasteiger partial charge in [0.2, 0.25) is 0 Å². The Balaban J connectivity index is 2.68. The zero-order valence-electron chi connectivity index (χ0n) is 8.27. The normalized spacial score (nSPS) is 12.4. The van der Waals surface area contributed by atoms with Crippen LogP contribution < -0.4 is 0 Å². The molecule has 0 radical (unpaired) electrons. The number of rotatable bonds is 4. The van der Waals surface area contributed by atoms with E-state index in [9.17, 15) is 10.1 Å². The summed E-state index contributed by atoms with van der Waals surface area (Å²) in [5.41, 5.74) is 0.151. The van der Waals surface area contributed by atoms with Crippen molar-refractivity contribution in [1.29, 1.82) is 0 Å². The molecule has 0 aliphatic heterocycles. The molecule has 0 amide bonds. The van der Waals surface area contributed by atoms with E-state index < -0.39 is 0 Å². The number of hydrogen-bond donors (Lipinski definition) is 0. The van der Waals surface area contributed by atoms with E-state index in [0.29, 0.717) is 5.25 Å². The standard InChI is InChI=1S/C10H13NO2S/c1-3-8(2)14-10-6-4-9(5-7-10)11(12)13/h4-8H,3H2,1-2H3. The molecule has 1 atom stereocenters. The van der Waals surface area contributed by atoms with Crippen molar-refractivity contribution in [2.24, 2.45) is 0 Å². The second-order valence-electron chi connectivity index (χ2n) is 3.09. The quantitative estimate of drug-likeness (QED) is 0.435. The molecule has 1 rings (SSSR count). The monoisotopic (exact) mass is 211 g/mol. The molecule has 0 saturated heterocycles. The van der Waals surface area contributed by atoms with Crippen LogP contribution in [0.2, 0.25) is 0 Å². The second kappa shape index (κ2) is 5.00. The van der Waals surface area contributed by atoms with Crippen LogP contribution in [-0.4, -0.2) is 10.2 Å². The van der Waals surface area contributed by atoms with Crippen LogP contribution in [-0.2, 0) is 0 Å². The first kappa shape index (κ1) is 11.0. The van der Waals surface area contributed by atoms with Crippen LogP contribution in [0.4, 0.5) is 5.69 Å². The van der Waals surface area contributed by atoms with Gasteiger partial charge in [-0.25, -0.2) is 0 Å². The molecular formula is C10H13NO2S. The van der Waals surface area contributed by atoms with E-state index in [-0.39, 0.29) is 10.6 Å². The molecule has 0 spiro atoms. The van der Waals surface area contributed by atoms with Crippen LogP contribution in [0, 0.1) is 10.1 Å². The molecule has 76 valence electrons. The molecule has 0 saturated carbocycles. The first-order valence-corrected chi connectivity index (χ1v) is 5.42. The number of hydrogen-bond acceptors (Lipinski definition) is 3. The molecule has 3 nitrogen and oxygen atoms in total. The fourth-order valence-electron chi connectivity index (χ4n) is 0.962. The summed E-state index contributed by atoms with van der Waals surface area (Å²) in [6, 6.07) is 6.69. The summed E-state index contributed by atoms with van der Waals surface area (Å²) in [5.74, 6) is 0. The van der Waals surface area contributed by atoms with Gasteiger partial charge < -0.3 is 0 Å². The van der Waals surface area contributed by atoms with E-state index in [4.69, 9.17) is 0 Å². The lowest BCUT2D eigenvalue weighted by molar-refractivity contribution is -0.384. The Kier molecular flexibility index (Phi) is 3.95. The lowest BCUT2D eigenvalue weighted by Gasteiger charge is -2.06. The largest absolute Gasteiger partial charge is 0.269 e. The highest BCUT2D eigenvalue weighted by molar-refractivity contribution is 7.99. The highest BCUT2D eigenvalue weighted by Gasteiger charge is 2.05. The van der Waals surface area contributed by atoms with Crippen molar-refractivity contribution in [1.82, 2.24) is 0 Å². The predicted molar refractivity (Wildman–Crippen MR) is 58.7 cm³/mol. The van der Waals surface area contributed by atoms with E-state index in [1.165, 1.54) is 0 Å². The molecule has 1 unspecified atom stereocenters. The van der Waals surface area contributed by atoms with Crippen molar-refractivity contribution in [2.75, 3.05) is 0 Å². The smallest absolute Gasteiger partial charge is 0.258 e. The fourth-order valence-corrected chi connectivity index (χ4v) is 1.89. The van der Waals surface area contributed by atoms with Gasteiger partial charge in [0, 0.05) is 22.3 Å². The van der Waals surface area contributed by atoms with Crippen molar-refractivity contribution in [3.8, 4) is 0 Å². The Morgan fingerprint density at radius 1 is 1.43 bits per heavy atom. The molecule has 4 heteroatoms. The van der Waals surface area contributed by atoms with Gasteiger partial charge in [-0.1, -0.05) is 13.8 Å². The minimum Gasteiger partial charge on any atom is -0.258 e. The molecule has 1 aromatic carbocycles. The Morgan fingerprint density at radius 3 is 2.43 bits per heavy atom. The zero-order valence-corrected chi connectivity index (χ0v) is 9.08. The lowest BCUT2D eigenvalue weighted by atomic mass is 10.3. The van der Waals surface area contributed by atoms with Gasteiger partial charge in [0.1, 0.15) is 0 Å². The van der Waals surface area contributed by atoms with Crippen LogP contribution in [0.1, 0.15) is 20.3 Å². The molecule has 0 fully saturated rings. The van der Waals surface area contributed by atoms with Gasteiger partial charge in [0.15, 0.2) is 0 Å². The minimum absolute atomic E-state index is 0.151. The summed E-state index contributed by atoms with van der Waals surface area (Å²) in [6.45, 7) is 4.27. The average molecular weight is 211 g/mol. The fraction of sp³-hybridized carbons (Fsp3) is 0.400. The molecule has 0 aliphatic rings. The van der Waals surface area contributed by atoms with Crippen LogP contribution in [0.5, 0.6) is 0 Å². The highest BCUT2D eigenvalue weighted by atomic mass is 32.2. The maximum atomic E-state index is 10.4. The number of nitrogens with zero attached hydrogens (tertiary/aromatic N) is 1. The van der Waals surface area contributed by atoms with Crippen LogP contribution in [0.25, 0.3) is 0 Å². The Bertz CT molecular complexity index is 310. The number of thioether (sulfide) groups is 1. The lowest BCUT2D eigenvalue weighted by Crippen LogP contribution is -1.92. The molecule has 14 heavy (non-hydrogen) atoms. The van der Waals surface area contributed by atoms with Gasteiger partial charge >= 0.3 is 0 Å². The molecule has 0 heterocycles. The Labute approximate surface area is 87.7 Å². The second-order valence-corrected chi connectivity index (χ2v) is 4.60. The number of benzene rings is 1. The molecular weight excluding hydrogens is 198 g/mol. The molecule has 0 aromatic heterocycles. The van der Waals surface area contributed by atoms with Crippen LogP contribution in [0.3, 0.4) is 0 Å². The summed E-state index contributed by atoms with van der Waals surface area (Å²) >= 11 is 1.74. The molecule has 0 bridgehead atoms. The number of non-ortho nitro benzene ring substituents is 1. The number of nitro benzene ring substituents is 1. The third-order valence-electron chi connectivity index (χ3n) is 1.96. The maximum absolute atomic E-state index is 10.4. The third kappa shape index (κ3) is 3.03. The summed E-state index contributed by atoms with van der Waals surface area (Å²) in [4.78, 5) is 11.1. The van der Waals surface area contributed by atoms with Crippen molar-refractivity contribution in [3.05, 3.63) is 34.4 Å². The van der Waals surface area contributed by atoms with Crippen LogP contribution >= 0.6 is 11.8 Å². The molecule has 1 aromatic rings. The topological polar surface area (TPSA) is 43.1 Å². The van der Waals surface area contributed by atoms with Gasteiger partial charge in [0.05, 0.1) is 4.92 Å². The minimum atomic E-state index is -0.377. The van der Waals surface area contributed by atoms with E-state index in [0.717, 1.165) is 11.3 Å². The maximum Gasteiger partial charge on any atom is 0.269 e. The van der Waals surface area contributed by atoms with E-state index >= 15 is 0 Å². The Hall–Kier alpha value is -1.03. The van der Waals surface area contributed by atoms with Gasteiger partial charge in [0.25, 0.3) is 5.69 Å². The molecule has 0 aliphatic carbocycles. The van der Waals surface area contributed by atoms with Crippen molar-refractivity contribution in [2.45, 2.75) is 30.4 Å². The summed E-state index contributed by atoms with van der Waals surface area (Å²) in [6.07, 6.45) is 1.10. The van der Waals surface area contributed by atoms with E-state index in [1.54, 1.807) is 36.0 Å². The first-order chi connectivity index (χ1) is 6.63. The van der Waals surface area contributed by atoms with Gasteiger partial charge in [-0.3, -0.25) is 10.1 Å². The predicted octanol–water partition coefficient (Wildman–Crippen LogP) is 3.49. The Morgan fingerprint density at radius 2 is 2.00 bits per heavy atom.